The summed E-state index contributed by atoms with van der Waals surface area (Å²) in [5, 5.41) is 2.06. The lowest BCUT2D eigenvalue weighted by molar-refractivity contribution is 0.0601. The van der Waals surface area contributed by atoms with Crippen LogP contribution in [0.4, 0.5) is 0 Å². The van der Waals surface area contributed by atoms with Gasteiger partial charge in [0, 0.05) is 0 Å². The number of rotatable bonds is 2. The molecule has 0 atom stereocenters. The van der Waals surface area contributed by atoms with E-state index in [1.807, 2.05) is 42.5 Å². The number of hydrogen-bond acceptors (Lipinski definition) is 4. The van der Waals surface area contributed by atoms with E-state index >= 15 is 0 Å². The molecule has 4 nitrogen and oxygen atoms in total. The van der Waals surface area contributed by atoms with Crippen LogP contribution in [-0.4, -0.2) is 19.9 Å². The van der Waals surface area contributed by atoms with Crippen LogP contribution in [0.25, 0.3) is 21.9 Å². The monoisotopic (exact) mass is 306 g/mol. The predicted molar refractivity (Wildman–Crippen MR) is 86.8 cm³/mol. The molecule has 0 amide bonds. The second kappa shape index (κ2) is 5.32. The number of carbonyl (C=O) groups is 1. The topological polar surface area (TPSA) is 44.8 Å². The van der Waals surface area contributed by atoms with Crippen LogP contribution in [0.5, 0.6) is 11.5 Å². The van der Waals surface area contributed by atoms with Crippen LogP contribution in [-0.2, 0) is 4.74 Å². The molecule has 0 aliphatic carbocycles. The highest BCUT2D eigenvalue weighted by molar-refractivity contribution is 5.96. The highest BCUT2D eigenvalue weighted by atomic mass is 16.7. The summed E-state index contributed by atoms with van der Waals surface area (Å²) in [4.78, 5) is 11.6. The van der Waals surface area contributed by atoms with Crippen LogP contribution >= 0.6 is 0 Å². The van der Waals surface area contributed by atoms with E-state index in [1.165, 1.54) is 7.11 Å². The normalized spacial score (nSPS) is 12.4. The molecule has 114 valence electrons. The molecule has 4 rings (SSSR count). The number of carbonyl (C=O) groups excluding carboxylic acids is 1. The zero-order chi connectivity index (χ0) is 15.8. The lowest BCUT2D eigenvalue weighted by Crippen LogP contribution is -2.00. The van der Waals surface area contributed by atoms with Gasteiger partial charge in [0.1, 0.15) is 0 Å². The SMILES string of the molecule is COC(=O)c1ccc2cc(-c3ccc4c(c3)OCO4)ccc2c1. The number of benzene rings is 3. The molecule has 0 bridgehead atoms. The number of hydrogen-bond donors (Lipinski definition) is 0. The fourth-order valence-corrected chi connectivity index (χ4v) is 2.75. The van der Waals surface area contributed by atoms with Gasteiger partial charge in [-0.15, -0.1) is 0 Å². The molecule has 0 N–H and O–H groups in total. The van der Waals surface area contributed by atoms with Crippen LogP contribution in [0, 0.1) is 0 Å². The lowest BCUT2D eigenvalue weighted by Gasteiger charge is -2.07. The van der Waals surface area contributed by atoms with Gasteiger partial charge >= 0.3 is 5.97 Å². The van der Waals surface area contributed by atoms with Crippen molar-refractivity contribution in [2.75, 3.05) is 13.9 Å². The summed E-state index contributed by atoms with van der Waals surface area (Å²) in [6, 6.07) is 17.6. The summed E-state index contributed by atoms with van der Waals surface area (Å²) in [6.45, 7) is 0.271. The van der Waals surface area contributed by atoms with E-state index in [0.29, 0.717) is 5.56 Å². The van der Waals surface area contributed by atoms with Gasteiger partial charge in [0.05, 0.1) is 12.7 Å². The molecule has 0 aromatic heterocycles. The maximum atomic E-state index is 11.6. The molecule has 23 heavy (non-hydrogen) atoms. The first kappa shape index (κ1) is 13.6. The first-order valence-corrected chi connectivity index (χ1v) is 7.27. The van der Waals surface area contributed by atoms with E-state index in [-0.39, 0.29) is 12.8 Å². The second-order valence-electron chi connectivity index (χ2n) is 5.34. The standard InChI is InChI=1S/C19H14O4/c1-21-19(20)16-5-4-12-8-13(2-3-14(12)9-16)15-6-7-17-18(10-15)23-11-22-17/h2-10H,11H2,1H3. The van der Waals surface area contributed by atoms with Crippen LogP contribution in [0.15, 0.2) is 54.6 Å². The van der Waals surface area contributed by atoms with Crippen LogP contribution in [0.1, 0.15) is 10.4 Å². The van der Waals surface area contributed by atoms with E-state index < -0.39 is 0 Å². The Kier molecular flexibility index (Phi) is 3.15. The van der Waals surface area contributed by atoms with Gasteiger partial charge in [-0.1, -0.05) is 24.3 Å². The van der Waals surface area contributed by atoms with Crippen LogP contribution < -0.4 is 9.47 Å². The van der Waals surface area contributed by atoms with Crippen molar-refractivity contribution in [1.29, 1.82) is 0 Å². The van der Waals surface area contributed by atoms with Gasteiger partial charge in [0.15, 0.2) is 11.5 Å². The molecule has 0 radical (unpaired) electrons. The Morgan fingerprint density at radius 3 is 2.43 bits per heavy atom. The quantitative estimate of drug-likeness (QED) is 0.671. The summed E-state index contributed by atoms with van der Waals surface area (Å²) in [5.41, 5.74) is 2.70. The van der Waals surface area contributed by atoms with Crippen molar-refractivity contribution in [2.24, 2.45) is 0 Å². The summed E-state index contributed by atoms with van der Waals surface area (Å²) in [5.74, 6) is 1.22. The zero-order valence-electron chi connectivity index (χ0n) is 12.5. The average molecular weight is 306 g/mol. The fraction of sp³-hybridized carbons (Fsp3) is 0.105. The Morgan fingerprint density at radius 2 is 1.57 bits per heavy atom. The zero-order valence-corrected chi connectivity index (χ0v) is 12.5. The summed E-state index contributed by atoms with van der Waals surface area (Å²) in [7, 11) is 1.38. The van der Waals surface area contributed by atoms with Crippen molar-refractivity contribution < 1.29 is 19.0 Å². The summed E-state index contributed by atoms with van der Waals surface area (Å²) in [6.07, 6.45) is 0. The number of esters is 1. The molecule has 1 heterocycles. The van der Waals surface area contributed by atoms with Gasteiger partial charge in [0.25, 0.3) is 0 Å². The fourth-order valence-electron chi connectivity index (χ4n) is 2.75. The van der Waals surface area contributed by atoms with Gasteiger partial charge < -0.3 is 14.2 Å². The van der Waals surface area contributed by atoms with Gasteiger partial charge in [-0.05, 0) is 52.2 Å². The predicted octanol–water partition coefficient (Wildman–Crippen LogP) is 4.02. The molecular weight excluding hydrogens is 292 g/mol. The molecule has 0 fully saturated rings. The van der Waals surface area contributed by atoms with E-state index in [0.717, 1.165) is 33.4 Å². The minimum Gasteiger partial charge on any atom is -0.465 e. The van der Waals surface area contributed by atoms with Crippen LogP contribution in [0.3, 0.4) is 0 Å². The molecule has 0 saturated carbocycles. The third kappa shape index (κ3) is 2.38. The Balaban J connectivity index is 1.75. The minimum absolute atomic E-state index is 0.271. The molecule has 0 saturated heterocycles. The van der Waals surface area contributed by atoms with E-state index in [4.69, 9.17) is 14.2 Å². The van der Waals surface area contributed by atoms with Crippen LogP contribution in [0.2, 0.25) is 0 Å². The van der Waals surface area contributed by atoms with E-state index in [9.17, 15) is 4.79 Å². The third-order valence-corrected chi connectivity index (χ3v) is 3.97. The van der Waals surface area contributed by atoms with Crippen molar-refractivity contribution in [3.05, 3.63) is 60.2 Å². The summed E-state index contributed by atoms with van der Waals surface area (Å²) >= 11 is 0. The van der Waals surface area contributed by atoms with Crippen molar-refractivity contribution >= 4 is 16.7 Å². The van der Waals surface area contributed by atoms with E-state index in [1.54, 1.807) is 6.07 Å². The number of methoxy groups -OCH3 is 1. The Labute approximate surface area is 133 Å². The van der Waals surface area contributed by atoms with Crippen molar-refractivity contribution in [3.63, 3.8) is 0 Å². The van der Waals surface area contributed by atoms with Crippen molar-refractivity contribution in [2.45, 2.75) is 0 Å². The summed E-state index contributed by atoms with van der Waals surface area (Å²) < 4.78 is 15.5. The first-order valence-electron chi connectivity index (χ1n) is 7.27. The number of ether oxygens (including phenoxy) is 3. The van der Waals surface area contributed by atoms with Crippen molar-refractivity contribution in [3.8, 4) is 22.6 Å². The average Bonchev–Trinajstić information content (AvgIpc) is 3.07. The molecule has 3 aromatic carbocycles. The Hall–Kier alpha value is -3.01. The first-order chi connectivity index (χ1) is 11.2. The maximum absolute atomic E-state index is 11.6. The molecule has 0 spiro atoms. The largest absolute Gasteiger partial charge is 0.465 e. The highest BCUT2D eigenvalue weighted by Crippen LogP contribution is 2.36. The Morgan fingerprint density at radius 1 is 0.870 bits per heavy atom. The second-order valence-corrected chi connectivity index (χ2v) is 5.34. The molecule has 0 unspecified atom stereocenters. The van der Waals surface area contributed by atoms with E-state index in [2.05, 4.69) is 6.07 Å². The Bertz CT molecular complexity index is 914. The molecule has 1 aliphatic heterocycles. The smallest absolute Gasteiger partial charge is 0.337 e. The number of fused-ring (bicyclic) bond motifs is 2. The minimum atomic E-state index is -0.327. The molecular formula is C19H14O4. The highest BCUT2D eigenvalue weighted by Gasteiger charge is 2.14. The third-order valence-electron chi connectivity index (χ3n) is 3.97. The lowest BCUT2D eigenvalue weighted by atomic mass is 9.99. The van der Waals surface area contributed by atoms with Gasteiger partial charge in [-0.25, -0.2) is 4.79 Å². The van der Waals surface area contributed by atoms with Crippen molar-refractivity contribution in [1.82, 2.24) is 0 Å². The molecule has 1 aliphatic rings. The molecule has 4 heteroatoms. The molecule has 3 aromatic rings. The maximum Gasteiger partial charge on any atom is 0.337 e. The van der Waals surface area contributed by atoms with Gasteiger partial charge in [-0.2, -0.15) is 0 Å². The van der Waals surface area contributed by atoms with Gasteiger partial charge in [0.2, 0.25) is 6.79 Å². The van der Waals surface area contributed by atoms with Gasteiger partial charge in [-0.3, -0.25) is 0 Å².